The van der Waals surface area contributed by atoms with Crippen molar-refractivity contribution in [1.29, 1.82) is 0 Å². The Morgan fingerprint density at radius 1 is 0.780 bits per heavy atom. The van der Waals surface area contributed by atoms with Crippen molar-refractivity contribution in [3.05, 3.63) is 105 Å². The number of allylic oxidation sites excluding steroid dienone is 1. The summed E-state index contributed by atoms with van der Waals surface area (Å²) in [6, 6.07) is 22.7. The second-order valence-corrected chi connectivity index (χ2v) is 11.0. The third-order valence-electron chi connectivity index (χ3n) is 7.70. The van der Waals surface area contributed by atoms with Crippen molar-refractivity contribution >= 4 is 28.7 Å². The van der Waals surface area contributed by atoms with Gasteiger partial charge in [-0.2, -0.15) is 0 Å². The van der Waals surface area contributed by atoms with Crippen molar-refractivity contribution in [3.8, 4) is 40.2 Å². The van der Waals surface area contributed by atoms with Gasteiger partial charge in [-0.1, -0.05) is 54.6 Å². The van der Waals surface area contributed by atoms with E-state index in [9.17, 15) is 10.2 Å². The maximum atomic E-state index is 10.7. The monoisotopic (exact) mass is 664 g/mol. The third-order valence-corrected chi connectivity index (χ3v) is 8.74. The van der Waals surface area contributed by atoms with Crippen molar-refractivity contribution in [2.45, 2.75) is 18.1 Å². The van der Waals surface area contributed by atoms with Gasteiger partial charge in [0.05, 0.1) is 36.4 Å². The molecule has 2 N–H and O–H groups in total. The molecule has 4 atom stereocenters. The average Bonchev–Trinajstić information content (AvgIpc) is 3.00. The van der Waals surface area contributed by atoms with Crippen LogP contribution in [0.5, 0.6) is 40.2 Å². The Bertz CT molecular complexity index is 1600. The minimum absolute atomic E-state index is 0.0380. The molecule has 41 heavy (non-hydrogen) atoms. The van der Waals surface area contributed by atoms with E-state index in [4.69, 9.17) is 23.7 Å². The molecule has 0 spiro atoms. The number of benzene rings is 4. The number of aromatic hydroxyl groups is 2. The van der Waals surface area contributed by atoms with Crippen LogP contribution >= 0.6 is 22.6 Å². The molecular weight excluding hydrogens is 635 g/mol. The minimum Gasteiger partial charge on any atom is -0.508 e. The first-order valence-electron chi connectivity index (χ1n) is 13.1. The molecule has 2 heterocycles. The van der Waals surface area contributed by atoms with E-state index in [-0.39, 0.29) is 23.3 Å². The van der Waals surface area contributed by atoms with E-state index in [1.165, 1.54) is 0 Å². The topological polar surface area (TPSA) is 86.6 Å². The van der Waals surface area contributed by atoms with Crippen LogP contribution in [0.1, 0.15) is 40.4 Å². The molecule has 0 aliphatic carbocycles. The standard InChI is InChI=1S/C33H29IO7/c1-37-21-12-9-18(10-13-21)11-14-22-27-24(38-2)15-20(35)16-26(27)40-32-28(22)31(19-7-5-4-6-8-19)41-33-29(32)25(39-3)17-23(36)30(33)34/h4-17,22,28,31-32,35-36H,1-3H3/b14-11+/t22-,28-,31-,32-/m1/s1. The average molecular weight is 664 g/mol. The fourth-order valence-corrected chi connectivity index (χ4v) is 6.41. The van der Waals surface area contributed by atoms with Crippen molar-refractivity contribution < 1.29 is 33.9 Å². The van der Waals surface area contributed by atoms with Gasteiger partial charge in [-0.3, -0.25) is 0 Å². The maximum absolute atomic E-state index is 10.7. The first-order chi connectivity index (χ1) is 19.9. The maximum Gasteiger partial charge on any atom is 0.148 e. The number of hydrogen-bond donors (Lipinski definition) is 2. The molecule has 4 aromatic carbocycles. The Morgan fingerprint density at radius 2 is 1.49 bits per heavy atom. The Labute approximate surface area is 252 Å². The van der Waals surface area contributed by atoms with Crippen molar-refractivity contribution in [1.82, 2.24) is 0 Å². The number of methoxy groups -OCH3 is 3. The Hall–Kier alpha value is -4.05. The minimum atomic E-state index is -0.530. The number of halogens is 1. The summed E-state index contributed by atoms with van der Waals surface area (Å²) in [6.07, 6.45) is 3.24. The molecule has 0 saturated heterocycles. The van der Waals surface area contributed by atoms with Gasteiger partial charge in [0.1, 0.15) is 52.5 Å². The molecule has 0 unspecified atom stereocenters. The van der Waals surface area contributed by atoms with E-state index < -0.39 is 12.2 Å². The van der Waals surface area contributed by atoms with E-state index in [0.29, 0.717) is 32.1 Å². The van der Waals surface area contributed by atoms with E-state index in [0.717, 1.165) is 22.4 Å². The molecule has 7 nitrogen and oxygen atoms in total. The van der Waals surface area contributed by atoms with Crippen LogP contribution in [0.25, 0.3) is 6.08 Å². The summed E-state index contributed by atoms with van der Waals surface area (Å²) < 4.78 is 31.0. The summed E-state index contributed by atoms with van der Waals surface area (Å²) in [5.41, 5.74) is 3.50. The van der Waals surface area contributed by atoms with Gasteiger partial charge in [0.15, 0.2) is 0 Å². The highest BCUT2D eigenvalue weighted by Gasteiger charge is 2.51. The van der Waals surface area contributed by atoms with Gasteiger partial charge in [0.25, 0.3) is 0 Å². The van der Waals surface area contributed by atoms with Crippen LogP contribution in [0, 0.1) is 9.49 Å². The van der Waals surface area contributed by atoms with E-state index in [1.807, 2.05) is 54.6 Å². The molecule has 0 amide bonds. The van der Waals surface area contributed by atoms with Gasteiger partial charge in [0, 0.05) is 29.7 Å². The zero-order valence-corrected chi connectivity index (χ0v) is 24.9. The Kier molecular flexibility index (Phi) is 7.33. The van der Waals surface area contributed by atoms with Crippen LogP contribution in [-0.4, -0.2) is 31.5 Å². The quantitative estimate of drug-likeness (QED) is 0.208. The van der Waals surface area contributed by atoms with E-state index >= 15 is 0 Å². The number of hydrogen-bond acceptors (Lipinski definition) is 7. The largest absolute Gasteiger partial charge is 0.508 e. The number of phenolic OH excluding ortho intramolecular Hbond substituents is 2. The normalized spacial score (nSPS) is 20.7. The molecule has 0 aromatic heterocycles. The van der Waals surface area contributed by atoms with Gasteiger partial charge in [-0.15, -0.1) is 0 Å². The lowest BCUT2D eigenvalue weighted by Crippen LogP contribution is -2.39. The Morgan fingerprint density at radius 3 is 2.17 bits per heavy atom. The Balaban J connectivity index is 1.60. The van der Waals surface area contributed by atoms with Crippen LogP contribution in [0.2, 0.25) is 0 Å². The van der Waals surface area contributed by atoms with Gasteiger partial charge in [-0.25, -0.2) is 0 Å². The number of fused-ring (bicyclic) bond motifs is 4. The van der Waals surface area contributed by atoms with E-state index in [2.05, 4.69) is 34.7 Å². The summed E-state index contributed by atoms with van der Waals surface area (Å²) in [6.45, 7) is 0. The zero-order chi connectivity index (χ0) is 28.7. The summed E-state index contributed by atoms with van der Waals surface area (Å²) in [7, 11) is 4.79. The molecule has 2 aliphatic rings. The number of ether oxygens (including phenoxy) is 5. The summed E-state index contributed by atoms with van der Waals surface area (Å²) in [5.74, 6) is 2.38. The second kappa shape index (κ2) is 11.1. The van der Waals surface area contributed by atoms with Gasteiger partial charge < -0.3 is 33.9 Å². The molecule has 2 aliphatic heterocycles. The lowest BCUT2D eigenvalue weighted by Gasteiger charge is -2.47. The SMILES string of the molecule is COc1ccc(/C=C/[C@@H]2c3c(OC)cc(O)cc3O[C@H]3c4c(OC)cc(O)c(I)c4O[C@H](c4ccccc4)[C@@H]23)cc1. The van der Waals surface area contributed by atoms with Crippen LogP contribution < -0.4 is 23.7 Å². The second-order valence-electron chi connectivity index (χ2n) is 9.94. The highest BCUT2D eigenvalue weighted by Crippen LogP contribution is 2.62. The molecule has 0 fully saturated rings. The van der Waals surface area contributed by atoms with Crippen LogP contribution in [0.3, 0.4) is 0 Å². The van der Waals surface area contributed by atoms with Crippen molar-refractivity contribution in [2.75, 3.05) is 21.3 Å². The summed E-state index contributed by atoms with van der Waals surface area (Å²) in [4.78, 5) is 0. The highest BCUT2D eigenvalue weighted by atomic mass is 127. The van der Waals surface area contributed by atoms with Gasteiger partial charge in [0.2, 0.25) is 0 Å². The first kappa shape index (κ1) is 27.1. The predicted octanol–water partition coefficient (Wildman–Crippen LogP) is 7.41. The lowest BCUT2D eigenvalue weighted by atomic mass is 9.71. The molecule has 8 heteroatoms. The van der Waals surface area contributed by atoms with Crippen LogP contribution in [-0.2, 0) is 0 Å². The summed E-state index contributed by atoms with van der Waals surface area (Å²) >= 11 is 2.10. The lowest BCUT2D eigenvalue weighted by molar-refractivity contribution is -0.0113. The molecular formula is C33H29IO7. The molecule has 0 saturated carbocycles. The fraction of sp³-hybridized carbons (Fsp3) is 0.212. The zero-order valence-electron chi connectivity index (χ0n) is 22.7. The molecule has 0 radical (unpaired) electrons. The molecule has 4 aromatic rings. The molecule has 6 rings (SSSR count). The fourth-order valence-electron chi connectivity index (χ4n) is 5.83. The molecule has 210 valence electrons. The van der Waals surface area contributed by atoms with Crippen molar-refractivity contribution in [3.63, 3.8) is 0 Å². The van der Waals surface area contributed by atoms with Crippen molar-refractivity contribution in [2.24, 2.45) is 5.92 Å². The highest BCUT2D eigenvalue weighted by molar-refractivity contribution is 14.1. The number of rotatable bonds is 6. The first-order valence-corrected chi connectivity index (χ1v) is 14.2. The van der Waals surface area contributed by atoms with Gasteiger partial charge in [-0.05, 0) is 45.9 Å². The smallest absolute Gasteiger partial charge is 0.148 e. The van der Waals surface area contributed by atoms with Crippen LogP contribution in [0.15, 0.2) is 78.9 Å². The summed E-state index contributed by atoms with van der Waals surface area (Å²) in [5, 5.41) is 21.3. The van der Waals surface area contributed by atoms with Gasteiger partial charge >= 0.3 is 0 Å². The molecule has 0 bridgehead atoms. The predicted molar refractivity (Wildman–Crippen MR) is 163 cm³/mol. The third kappa shape index (κ3) is 4.80. The number of phenols is 2. The van der Waals surface area contributed by atoms with Crippen LogP contribution in [0.4, 0.5) is 0 Å². The van der Waals surface area contributed by atoms with E-state index in [1.54, 1.807) is 39.5 Å².